The quantitative estimate of drug-likeness (QED) is 0.755. The van der Waals surface area contributed by atoms with Crippen LogP contribution in [0.15, 0.2) is 52.5 Å². The molecule has 0 aliphatic rings. The highest BCUT2D eigenvalue weighted by Gasteiger charge is 2.09. The molecule has 0 amide bonds. The summed E-state index contributed by atoms with van der Waals surface area (Å²) in [5, 5.41) is 31.1. The molecule has 0 spiro atoms. The minimum atomic E-state index is -0.812. The minimum Gasteiger partial charge on any atom is -0.394 e. The van der Waals surface area contributed by atoms with Crippen molar-refractivity contribution in [1.29, 1.82) is 5.26 Å². The second-order valence-corrected chi connectivity index (χ2v) is 5.31. The fourth-order valence-electron chi connectivity index (χ4n) is 1.66. The maximum Gasteiger partial charge on any atom is 0.119 e. The number of benzene rings is 1. The summed E-state index contributed by atoms with van der Waals surface area (Å²) in [7, 11) is 0. The van der Waals surface area contributed by atoms with Gasteiger partial charge in [0, 0.05) is 23.3 Å². The predicted octanol–water partition coefficient (Wildman–Crippen LogP) is 1.87. The Kier molecular flexibility index (Phi) is 5.58. The number of aromatic nitrogens is 1. The van der Waals surface area contributed by atoms with E-state index >= 15 is 0 Å². The normalized spacial score (nSPS) is 11.7. The summed E-state index contributed by atoms with van der Waals surface area (Å²) in [5.41, 5.74) is 1.34. The topological polar surface area (TPSA) is 89.2 Å². The Balaban J connectivity index is 2.18. The summed E-state index contributed by atoms with van der Waals surface area (Å²) in [6, 6.07) is 13.1. The molecule has 0 fully saturated rings. The van der Waals surface area contributed by atoms with Crippen molar-refractivity contribution in [1.82, 2.24) is 4.98 Å². The minimum absolute atomic E-state index is 0.251. The van der Waals surface area contributed by atoms with Gasteiger partial charge in [-0.25, -0.2) is 4.98 Å². The lowest BCUT2D eigenvalue weighted by Crippen LogP contribution is -2.23. The SMILES string of the molecule is N#Cc1cccnc1Sc1ccccc1NCC(O)CO. The highest BCUT2D eigenvalue weighted by atomic mass is 32.2. The fourth-order valence-corrected chi connectivity index (χ4v) is 2.60. The van der Waals surface area contributed by atoms with Crippen molar-refractivity contribution in [3.63, 3.8) is 0 Å². The van der Waals surface area contributed by atoms with Gasteiger partial charge in [0.15, 0.2) is 0 Å². The van der Waals surface area contributed by atoms with E-state index in [9.17, 15) is 5.11 Å². The number of para-hydroxylation sites is 1. The Morgan fingerprint density at radius 1 is 1.29 bits per heavy atom. The van der Waals surface area contributed by atoms with Crippen LogP contribution in [0.25, 0.3) is 0 Å². The lowest BCUT2D eigenvalue weighted by atomic mass is 10.3. The zero-order chi connectivity index (χ0) is 15.1. The van der Waals surface area contributed by atoms with Gasteiger partial charge in [0.1, 0.15) is 11.1 Å². The van der Waals surface area contributed by atoms with Crippen LogP contribution in [0.3, 0.4) is 0 Å². The van der Waals surface area contributed by atoms with Crippen LogP contribution in [-0.4, -0.2) is 34.5 Å². The summed E-state index contributed by atoms with van der Waals surface area (Å²) < 4.78 is 0. The molecule has 0 radical (unpaired) electrons. The first kappa shape index (κ1) is 15.3. The molecule has 6 heteroatoms. The summed E-state index contributed by atoms with van der Waals surface area (Å²) in [5.74, 6) is 0. The Labute approximate surface area is 127 Å². The molecule has 0 bridgehead atoms. The van der Waals surface area contributed by atoms with Gasteiger partial charge in [-0.1, -0.05) is 23.9 Å². The number of anilines is 1. The summed E-state index contributed by atoms with van der Waals surface area (Å²) in [4.78, 5) is 5.12. The van der Waals surface area contributed by atoms with Crippen LogP contribution in [0, 0.1) is 11.3 Å². The predicted molar refractivity (Wildman–Crippen MR) is 81.1 cm³/mol. The summed E-state index contributed by atoms with van der Waals surface area (Å²) in [6.45, 7) is -0.0392. The van der Waals surface area contributed by atoms with E-state index < -0.39 is 6.10 Å². The van der Waals surface area contributed by atoms with Crippen molar-refractivity contribution in [3.8, 4) is 6.07 Å². The number of hydrogen-bond acceptors (Lipinski definition) is 6. The molecule has 5 nitrogen and oxygen atoms in total. The second-order valence-electron chi connectivity index (χ2n) is 4.28. The number of nitrogens with zero attached hydrogens (tertiary/aromatic N) is 2. The van der Waals surface area contributed by atoms with E-state index in [0.29, 0.717) is 10.6 Å². The molecule has 0 aliphatic carbocycles. The average molecular weight is 301 g/mol. The number of nitriles is 1. The zero-order valence-corrected chi connectivity index (χ0v) is 12.0. The number of pyridine rings is 1. The third-order valence-corrected chi connectivity index (χ3v) is 3.82. The molecule has 2 rings (SSSR count). The first-order valence-corrected chi connectivity index (χ1v) is 7.21. The molecule has 1 aromatic heterocycles. The van der Waals surface area contributed by atoms with Crippen LogP contribution in [0.5, 0.6) is 0 Å². The van der Waals surface area contributed by atoms with Gasteiger partial charge < -0.3 is 15.5 Å². The van der Waals surface area contributed by atoms with Crippen molar-refractivity contribution in [2.75, 3.05) is 18.5 Å². The van der Waals surface area contributed by atoms with Gasteiger partial charge in [-0.2, -0.15) is 5.26 Å². The van der Waals surface area contributed by atoms with E-state index in [1.807, 2.05) is 24.3 Å². The molecule has 2 aromatic rings. The average Bonchev–Trinajstić information content (AvgIpc) is 2.54. The fraction of sp³-hybridized carbons (Fsp3) is 0.200. The highest BCUT2D eigenvalue weighted by molar-refractivity contribution is 7.99. The van der Waals surface area contributed by atoms with E-state index in [0.717, 1.165) is 10.6 Å². The maximum atomic E-state index is 9.41. The Morgan fingerprint density at radius 3 is 2.86 bits per heavy atom. The smallest absolute Gasteiger partial charge is 0.119 e. The van der Waals surface area contributed by atoms with E-state index in [-0.39, 0.29) is 13.2 Å². The van der Waals surface area contributed by atoms with E-state index in [4.69, 9.17) is 10.4 Å². The van der Waals surface area contributed by atoms with E-state index in [2.05, 4.69) is 16.4 Å². The van der Waals surface area contributed by atoms with Crippen molar-refractivity contribution >= 4 is 17.4 Å². The Morgan fingerprint density at radius 2 is 2.10 bits per heavy atom. The third-order valence-electron chi connectivity index (χ3n) is 2.72. The molecule has 21 heavy (non-hydrogen) atoms. The number of hydrogen-bond donors (Lipinski definition) is 3. The van der Waals surface area contributed by atoms with Gasteiger partial charge in [0.2, 0.25) is 0 Å². The van der Waals surface area contributed by atoms with Crippen molar-refractivity contribution in [2.45, 2.75) is 16.0 Å². The van der Waals surface area contributed by atoms with Crippen LogP contribution >= 0.6 is 11.8 Å². The molecule has 1 heterocycles. The summed E-state index contributed by atoms with van der Waals surface area (Å²) >= 11 is 1.38. The van der Waals surface area contributed by atoms with Gasteiger partial charge in [0.25, 0.3) is 0 Å². The monoisotopic (exact) mass is 301 g/mol. The molecule has 1 unspecified atom stereocenters. The largest absolute Gasteiger partial charge is 0.394 e. The Hall–Kier alpha value is -2.07. The number of aliphatic hydroxyl groups excluding tert-OH is 2. The first-order chi connectivity index (χ1) is 10.2. The molecule has 108 valence electrons. The maximum absolute atomic E-state index is 9.41. The van der Waals surface area contributed by atoms with Crippen molar-refractivity contribution in [2.24, 2.45) is 0 Å². The van der Waals surface area contributed by atoms with Gasteiger partial charge in [-0.15, -0.1) is 0 Å². The van der Waals surface area contributed by atoms with Crippen molar-refractivity contribution in [3.05, 3.63) is 48.2 Å². The zero-order valence-electron chi connectivity index (χ0n) is 11.2. The number of aliphatic hydroxyl groups is 2. The molecule has 3 N–H and O–H groups in total. The van der Waals surface area contributed by atoms with Crippen LogP contribution < -0.4 is 5.32 Å². The number of rotatable bonds is 6. The highest BCUT2D eigenvalue weighted by Crippen LogP contribution is 2.33. The van der Waals surface area contributed by atoms with Gasteiger partial charge in [-0.05, 0) is 24.3 Å². The first-order valence-electron chi connectivity index (χ1n) is 6.39. The van der Waals surface area contributed by atoms with Crippen LogP contribution in [0.4, 0.5) is 5.69 Å². The van der Waals surface area contributed by atoms with Crippen molar-refractivity contribution < 1.29 is 10.2 Å². The van der Waals surface area contributed by atoms with Gasteiger partial charge in [0.05, 0.1) is 18.3 Å². The molecule has 1 aromatic carbocycles. The van der Waals surface area contributed by atoms with Crippen LogP contribution in [0.2, 0.25) is 0 Å². The molecule has 0 saturated carbocycles. The van der Waals surface area contributed by atoms with E-state index in [1.54, 1.807) is 18.3 Å². The van der Waals surface area contributed by atoms with E-state index in [1.165, 1.54) is 11.8 Å². The molecular weight excluding hydrogens is 286 g/mol. The standard InChI is InChI=1S/C15H15N3O2S/c16-8-11-4-3-7-17-15(11)21-14-6-2-1-5-13(14)18-9-12(20)10-19/h1-7,12,18-20H,9-10H2. The molecular formula is C15H15N3O2S. The summed E-state index contributed by atoms with van der Waals surface area (Å²) in [6.07, 6.45) is 0.835. The third kappa shape index (κ3) is 4.20. The second kappa shape index (κ2) is 7.64. The van der Waals surface area contributed by atoms with Crippen LogP contribution in [-0.2, 0) is 0 Å². The van der Waals surface area contributed by atoms with Crippen LogP contribution in [0.1, 0.15) is 5.56 Å². The van der Waals surface area contributed by atoms with Gasteiger partial charge >= 0.3 is 0 Å². The van der Waals surface area contributed by atoms with Gasteiger partial charge in [-0.3, -0.25) is 0 Å². The Bertz CT molecular complexity index is 643. The number of nitrogens with one attached hydrogen (secondary N) is 1. The molecule has 1 atom stereocenters. The molecule has 0 saturated heterocycles. The molecule has 0 aliphatic heterocycles. The lowest BCUT2D eigenvalue weighted by Gasteiger charge is -2.13. The lowest BCUT2D eigenvalue weighted by molar-refractivity contribution is 0.105.